The number of nitrogens with one attached hydrogen (secondary N) is 1. The zero-order chi connectivity index (χ0) is 9.31. The Morgan fingerprint density at radius 2 is 2.23 bits per heavy atom. The fourth-order valence-electron chi connectivity index (χ4n) is 2.51. The summed E-state index contributed by atoms with van der Waals surface area (Å²) in [6.45, 7) is 9.13. The molecule has 2 heterocycles. The van der Waals surface area contributed by atoms with E-state index < -0.39 is 0 Å². The van der Waals surface area contributed by atoms with Gasteiger partial charge in [-0.05, 0) is 37.8 Å². The molecule has 2 aliphatic heterocycles. The number of hydrogen-bond donors (Lipinski definition) is 1. The van der Waals surface area contributed by atoms with Gasteiger partial charge in [0.1, 0.15) is 0 Å². The smallest absolute Gasteiger partial charge is 0.0547 e. The third-order valence-electron chi connectivity index (χ3n) is 3.86. The Hall–Kier alpha value is -0.0800. The van der Waals surface area contributed by atoms with E-state index >= 15 is 0 Å². The average molecular weight is 183 g/mol. The monoisotopic (exact) mass is 183 g/mol. The highest BCUT2D eigenvalue weighted by molar-refractivity contribution is 4.91. The van der Waals surface area contributed by atoms with Crippen LogP contribution in [0.4, 0.5) is 0 Å². The molecule has 1 unspecified atom stereocenters. The zero-order valence-corrected chi connectivity index (χ0v) is 8.81. The van der Waals surface area contributed by atoms with Crippen LogP contribution in [0.1, 0.15) is 26.7 Å². The SMILES string of the molecule is CC(C)C1(CC2CCNC2)COC1. The van der Waals surface area contributed by atoms with Gasteiger partial charge in [-0.3, -0.25) is 0 Å². The topological polar surface area (TPSA) is 21.3 Å². The van der Waals surface area contributed by atoms with Gasteiger partial charge in [-0.15, -0.1) is 0 Å². The first kappa shape index (κ1) is 9.47. The number of hydrogen-bond acceptors (Lipinski definition) is 2. The fraction of sp³-hybridized carbons (Fsp3) is 1.00. The van der Waals surface area contributed by atoms with Gasteiger partial charge in [0.2, 0.25) is 0 Å². The van der Waals surface area contributed by atoms with Crippen molar-refractivity contribution < 1.29 is 4.74 Å². The summed E-state index contributed by atoms with van der Waals surface area (Å²) in [5.74, 6) is 1.69. The van der Waals surface area contributed by atoms with Gasteiger partial charge >= 0.3 is 0 Å². The molecule has 0 bridgehead atoms. The predicted octanol–water partition coefficient (Wildman–Crippen LogP) is 1.66. The highest BCUT2D eigenvalue weighted by atomic mass is 16.5. The molecule has 0 saturated carbocycles. The minimum atomic E-state index is 0.524. The maximum atomic E-state index is 5.39. The van der Waals surface area contributed by atoms with E-state index in [0.717, 1.165) is 25.0 Å². The summed E-state index contributed by atoms with van der Waals surface area (Å²) in [7, 11) is 0. The summed E-state index contributed by atoms with van der Waals surface area (Å²) >= 11 is 0. The summed E-state index contributed by atoms with van der Waals surface area (Å²) in [6.07, 6.45) is 2.74. The Labute approximate surface area is 81.0 Å². The molecule has 76 valence electrons. The van der Waals surface area contributed by atoms with Crippen LogP contribution in [-0.2, 0) is 4.74 Å². The van der Waals surface area contributed by atoms with Crippen molar-refractivity contribution in [2.45, 2.75) is 26.7 Å². The second kappa shape index (κ2) is 3.58. The molecule has 2 heteroatoms. The molecule has 1 atom stereocenters. The van der Waals surface area contributed by atoms with Crippen LogP contribution in [0.25, 0.3) is 0 Å². The van der Waals surface area contributed by atoms with Crippen LogP contribution in [0.5, 0.6) is 0 Å². The maximum Gasteiger partial charge on any atom is 0.0547 e. The van der Waals surface area contributed by atoms with E-state index in [1.807, 2.05) is 0 Å². The van der Waals surface area contributed by atoms with Gasteiger partial charge < -0.3 is 10.1 Å². The molecule has 0 radical (unpaired) electrons. The maximum absolute atomic E-state index is 5.39. The van der Waals surface area contributed by atoms with Gasteiger partial charge in [0.05, 0.1) is 13.2 Å². The van der Waals surface area contributed by atoms with Crippen LogP contribution in [0.3, 0.4) is 0 Å². The lowest BCUT2D eigenvalue weighted by Crippen LogP contribution is -2.48. The van der Waals surface area contributed by atoms with Crippen molar-refractivity contribution in [3.63, 3.8) is 0 Å². The van der Waals surface area contributed by atoms with Gasteiger partial charge in [0.25, 0.3) is 0 Å². The first-order valence-electron chi connectivity index (χ1n) is 5.51. The van der Waals surface area contributed by atoms with Crippen LogP contribution in [0, 0.1) is 17.3 Å². The normalized spacial score (nSPS) is 32.1. The summed E-state index contributed by atoms with van der Waals surface area (Å²) in [6, 6.07) is 0. The molecule has 1 N–H and O–H groups in total. The molecule has 2 nitrogen and oxygen atoms in total. The molecule has 0 aromatic rings. The van der Waals surface area contributed by atoms with Crippen LogP contribution in [0.15, 0.2) is 0 Å². The third-order valence-corrected chi connectivity index (χ3v) is 3.86. The van der Waals surface area contributed by atoms with Crippen molar-refractivity contribution in [3.05, 3.63) is 0 Å². The van der Waals surface area contributed by atoms with E-state index in [-0.39, 0.29) is 0 Å². The van der Waals surface area contributed by atoms with Crippen molar-refractivity contribution in [1.29, 1.82) is 0 Å². The van der Waals surface area contributed by atoms with Crippen molar-refractivity contribution in [3.8, 4) is 0 Å². The summed E-state index contributed by atoms with van der Waals surface area (Å²) in [4.78, 5) is 0. The minimum absolute atomic E-state index is 0.524. The highest BCUT2D eigenvalue weighted by Gasteiger charge is 2.43. The molecule has 0 spiro atoms. The molecular weight excluding hydrogens is 162 g/mol. The Kier molecular flexibility index (Phi) is 2.61. The van der Waals surface area contributed by atoms with Gasteiger partial charge in [0.15, 0.2) is 0 Å². The second-order valence-electron chi connectivity index (χ2n) is 5.07. The highest BCUT2D eigenvalue weighted by Crippen LogP contribution is 2.42. The molecule has 0 aliphatic carbocycles. The molecule has 13 heavy (non-hydrogen) atoms. The van der Waals surface area contributed by atoms with Gasteiger partial charge in [0, 0.05) is 5.41 Å². The summed E-state index contributed by atoms with van der Waals surface area (Å²) < 4.78 is 5.39. The molecule has 2 fully saturated rings. The first-order valence-corrected chi connectivity index (χ1v) is 5.51. The van der Waals surface area contributed by atoms with E-state index in [1.54, 1.807) is 0 Å². The Morgan fingerprint density at radius 1 is 1.46 bits per heavy atom. The van der Waals surface area contributed by atoms with Gasteiger partial charge in [-0.1, -0.05) is 13.8 Å². The van der Waals surface area contributed by atoms with Gasteiger partial charge in [-0.2, -0.15) is 0 Å². The Bertz CT molecular complexity index is 169. The zero-order valence-electron chi connectivity index (χ0n) is 8.81. The van der Waals surface area contributed by atoms with Gasteiger partial charge in [-0.25, -0.2) is 0 Å². The lowest BCUT2D eigenvalue weighted by atomic mass is 9.69. The van der Waals surface area contributed by atoms with Crippen molar-refractivity contribution >= 4 is 0 Å². The van der Waals surface area contributed by atoms with Crippen LogP contribution >= 0.6 is 0 Å². The lowest BCUT2D eigenvalue weighted by Gasteiger charge is -2.46. The van der Waals surface area contributed by atoms with E-state index in [2.05, 4.69) is 19.2 Å². The van der Waals surface area contributed by atoms with Crippen molar-refractivity contribution in [1.82, 2.24) is 5.32 Å². The van der Waals surface area contributed by atoms with Crippen LogP contribution < -0.4 is 5.32 Å². The Balaban J connectivity index is 1.89. The Morgan fingerprint density at radius 3 is 2.62 bits per heavy atom. The van der Waals surface area contributed by atoms with E-state index in [9.17, 15) is 0 Å². The molecule has 2 aliphatic rings. The number of ether oxygens (including phenoxy) is 1. The lowest BCUT2D eigenvalue weighted by molar-refractivity contribution is -0.149. The van der Waals surface area contributed by atoms with E-state index in [0.29, 0.717) is 5.41 Å². The van der Waals surface area contributed by atoms with Crippen molar-refractivity contribution in [2.75, 3.05) is 26.3 Å². The van der Waals surface area contributed by atoms with E-state index in [4.69, 9.17) is 4.74 Å². The predicted molar refractivity (Wildman–Crippen MR) is 53.7 cm³/mol. The standard InChI is InChI=1S/C11H21NO/c1-9(2)11(7-13-8-11)5-10-3-4-12-6-10/h9-10,12H,3-8H2,1-2H3. The fourth-order valence-corrected chi connectivity index (χ4v) is 2.51. The summed E-state index contributed by atoms with van der Waals surface area (Å²) in [5, 5.41) is 3.44. The molecule has 2 saturated heterocycles. The molecule has 0 aromatic heterocycles. The third kappa shape index (κ3) is 1.75. The summed E-state index contributed by atoms with van der Waals surface area (Å²) in [5.41, 5.74) is 0.524. The minimum Gasteiger partial charge on any atom is -0.380 e. The first-order chi connectivity index (χ1) is 6.23. The largest absolute Gasteiger partial charge is 0.380 e. The molecule has 0 aromatic carbocycles. The second-order valence-corrected chi connectivity index (χ2v) is 5.07. The van der Waals surface area contributed by atoms with Crippen molar-refractivity contribution in [2.24, 2.45) is 17.3 Å². The number of rotatable bonds is 3. The molecular formula is C11H21NO. The molecule has 0 amide bonds. The van der Waals surface area contributed by atoms with Crippen LogP contribution in [-0.4, -0.2) is 26.3 Å². The molecule has 2 rings (SSSR count). The van der Waals surface area contributed by atoms with Crippen LogP contribution in [0.2, 0.25) is 0 Å². The quantitative estimate of drug-likeness (QED) is 0.718. The average Bonchev–Trinajstić information content (AvgIpc) is 2.47. The van der Waals surface area contributed by atoms with E-state index in [1.165, 1.54) is 25.9 Å².